The minimum absolute atomic E-state index is 0.281. The van der Waals surface area contributed by atoms with Crippen LogP contribution in [0.1, 0.15) is 52.4 Å². The Balaban J connectivity index is 1.99. The minimum atomic E-state index is 0.281. The van der Waals surface area contributed by atoms with Crippen molar-refractivity contribution in [1.29, 1.82) is 0 Å². The quantitative estimate of drug-likeness (QED) is 0.837. The van der Waals surface area contributed by atoms with Crippen LogP contribution in [0.3, 0.4) is 0 Å². The highest BCUT2D eigenvalue weighted by molar-refractivity contribution is 4.97. The number of hydrogen-bond acceptors (Lipinski definition) is 3. The summed E-state index contributed by atoms with van der Waals surface area (Å²) in [5, 5.41) is 0. The molecule has 2 N–H and O–H groups in total. The zero-order valence-corrected chi connectivity index (χ0v) is 12.2. The molecule has 0 amide bonds. The first-order chi connectivity index (χ1) is 8.74. The fraction of sp³-hybridized carbons (Fsp3) is 1.00. The number of rotatable bonds is 4. The third-order valence-electron chi connectivity index (χ3n) is 5.26. The molecule has 2 aliphatic rings. The van der Waals surface area contributed by atoms with Crippen LogP contribution in [0.5, 0.6) is 0 Å². The van der Waals surface area contributed by atoms with E-state index >= 15 is 0 Å². The van der Waals surface area contributed by atoms with Gasteiger partial charge in [-0.05, 0) is 38.0 Å². The lowest BCUT2D eigenvalue weighted by atomic mass is 9.74. The summed E-state index contributed by atoms with van der Waals surface area (Å²) in [6, 6.07) is 0. The van der Waals surface area contributed by atoms with Gasteiger partial charge in [-0.1, -0.05) is 20.3 Å². The zero-order chi connectivity index (χ0) is 13.0. The Hall–Kier alpha value is -0.120. The van der Waals surface area contributed by atoms with E-state index in [1.807, 2.05) is 0 Å². The molecule has 0 aromatic heterocycles. The Morgan fingerprint density at radius 1 is 1.22 bits per heavy atom. The van der Waals surface area contributed by atoms with Crippen molar-refractivity contribution in [3.05, 3.63) is 0 Å². The van der Waals surface area contributed by atoms with E-state index < -0.39 is 0 Å². The fourth-order valence-corrected chi connectivity index (χ4v) is 3.67. The molecule has 1 unspecified atom stereocenters. The zero-order valence-electron chi connectivity index (χ0n) is 12.2. The average Bonchev–Trinajstić information content (AvgIpc) is 2.47. The highest BCUT2D eigenvalue weighted by Gasteiger charge is 2.40. The van der Waals surface area contributed by atoms with E-state index in [-0.39, 0.29) is 5.54 Å². The summed E-state index contributed by atoms with van der Waals surface area (Å²) in [5.74, 6) is 0.938. The molecule has 0 spiro atoms. The van der Waals surface area contributed by atoms with E-state index in [9.17, 15) is 0 Å². The van der Waals surface area contributed by atoms with Gasteiger partial charge in [0.15, 0.2) is 0 Å². The topological polar surface area (TPSA) is 38.5 Å². The second-order valence-corrected chi connectivity index (χ2v) is 6.13. The second-order valence-electron chi connectivity index (χ2n) is 6.13. The lowest BCUT2D eigenvalue weighted by Crippen LogP contribution is -2.60. The molecular weight excluding hydrogens is 224 g/mol. The smallest absolute Gasteiger partial charge is 0.0700 e. The van der Waals surface area contributed by atoms with Crippen molar-refractivity contribution < 1.29 is 4.74 Å². The molecule has 1 aliphatic carbocycles. The largest absolute Gasteiger partial charge is 0.376 e. The van der Waals surface area contributed by atoms with Gasteiger partial charge in [0.05, 0.1) is 12.7 Å². The molecule has 3 heteroatoms. The fourth-order valence-electron chi connectivity index (χ4n) is 3.67. The minimum Gasteiger partial charge on any atom is -0.376 e. The Bertz CT molecular complexity index is 249. The van der Waals surface area contributed by atoms with Crippen LogP contribution in [0, 0.1) is 5.92 Å². The first-order valence-corrected chi connectivity index (χ1v) is 7.80. The number of morpholine rings is 1. The summed E-state index contributed by atoms with van der Waals surface area (Å²) in [5.41, 5.74) is 6.44. The van der Waals surface area contributed by atoms with Gasteiger partial charge in [0.2, 0.25) is 0 Å². The van der Waals surface area contributed by atoms with Crippen molar-refractivity contribution in [2.24, 2.45) is 11.7 Å². The summed E-state index contributed by atoms with van der Waals surface area (Å²) >= 11 is 0. The molecule has 0 bridgehead atoms. The summed E-state index contributed by atoms with van der Waals surface area (Å²) in [7, 11) is 0. The van der Waals surface area contributed by atoms with Crippen LogP contribution in [0.15, 0.2) is 0 Å². The van der Waals surface area contributed by atoms with Crippen LogP contribution in [-0.4, -0.2) is 42.8 Å². The molecule has 1 atom stereocenters. The standard InChI is InChI=1S/C15H30N2O/c1-3-13-5-7-15(12-16,8-6-13)17-9-10-18-14(4-2)11-17/h13-14H,3-12,16H2,1-2H3. The molecule has 106 valence electrons. The van der Waals surface area contributed by atoms with Gasteiger partial charge in [-0.2, -0.15) is 0 Å². The van der Waals surface area contributed by atoms with Crippen LogP contribution < -0.4 is 5.73 Å². The SMILES string of the molecule is CCC1CCC(CN)(N2CCOC(CC)C2)CC1. The van der Waals surface area contributed by atoms with E-state index in [2.05, 4.69) is 18.7 Å². The molecule has 0 aromatic carbocycles. The van der Waals surface area contributed by atoms with Gasteiger partial charge in [0, 0.05) is 25.2 Å². The van der Waals surface area contributed by atoms with E-state index in [1.54, 1.807) is 0 Å². The van der Waals surface area contributed by atoms with Crippen molar-refractivity contribution in [3.63, 3.8) is 0 Å². The van der Waals surface area contributed by atoms with Crippen LogP contribution >= 0.6 is 0 Å². The maximum absolute atomic E-state index is 6.16. The van der Waals surface area contributed by atoms with Crippen molar-refractivity contribution in [2.45, 2.75) is 64.0 Å². The first-order valence-electron chi connectivity index (χ1n) is 7.80. The molecule has 2 fully saturated rings. The highest BCUT2D eigenvalue weighted by Crippen LogP contribution is 2.38. The number of nitrogens with zero attached hydrogens (tertiary/aromatic N) is 1. The third kappa shape index (κ3) is 2.89. The summed E-state index contributed by atoms with van der Waals surface area (Å²) in [6.45, 7) is 8.41. The Labute approximate surface area is 112 Å². The van der Waals surface area contributed by atoms with E-state index in [1.165, 1.54) is 32.1 Å². The van der Waals surface area contributed by atoms with Crippen molar-refractivity contribution >= 4 is 0 Å². The van der Waals surface area contributed by atoms with E-state index in [0.29, 0.717) is 6.10 Å². The molecule has 1 heterocycles. The van der Waals surface area contributed by atoms with Gasteiger partial charge >= 0.3 is 0 Å². The Morgan fingerprint density at radius 3 is 2.50 bits per heavy atom. The molecule has 0 radical (unpaired) electrons. The number of ether oxygens (including phenoxy) is 1. The lowest BCUT2D eigenvalue weighted by Gasteiger charge is -2.50. The first kappa shape index (κ1) is 14.3. The van der Waals surface area contributed by atoms with Crippen LogP contribution in [0.25, 0.3) is 0 Å². The monoisotopic (exact) mass is 254 g/mol. The van der Waals surface area contributed by atoms with Crippen molar-refractivity contribution in [1.82, 2.24) is 4.90 Å². The van der Waals surface area contributed by atoms with Gasteiger partial charge in [0.25, 0.3) is 0 Å². The van der Waals surface area contributed by atoms with Crippen LogP contribution in [0.2, 0.25) is 0 Å². The molecule has 3 nitrogen and oxygen atoms in total. The molecule has 1 aliphatic heterocycles. The van der Waals surface area contributed by atoms with Crippen LogP contribution in [-0.2, 0) is 4.74 Å². The van der Waals surface area contributed by atoms with Gasteiger partial charge < -0.3 is 10.5 Å². The van der Waals surface area contributed by atoms with E-state index in [4.69, 9.17) is 10.5 Å². The lowest BCUT2D eigenvalue weighted by molar-refractivity contribution is -0.0812. The molecule has 2 rings (SSSR count). The Kier molecular flexibility index (Phi) is 5.05. The van der Waals surface area contributed by atoms with Crippen LogP contribution in [0.4, 0.5) is 0 Å². The number of nitrogens with two attached hydrogens (primary N) is 1. The molecule has 18 heavy (non-hydrogen) atoms. The summed E-state index contributed by atoms with van der Waals surface area (Å²) in [6.07, 6.45) is 8.18. The van der Waals surface area contributed by atoms with Crippen molar-refractivity contribution in [3.8, 4) is 0 Å². The predicted molar refractivity (Wildman–Crippen MR) is 75.6 cm³/mol. The second kappa shape index (κ2) is 6.36. The third-order valence-corrected chi connectivity index (χ3v) is 5.26. The molecule has 1 saturated heterocycles. The normalized spacial score (nSPS) is 38.8. The van der Waals surface area contributed by atoms with Gasteiger partial charge in [-0.25, -0.2) is 0 Å². The van der Waals surface area contributed by atoms with E-state index in [0.717, 1.165) is 38.6 Å². The maximum Gasteiger partial charge on any atom is 0.0700 e. The molecular formula is C15H30N2O. The predicted octanol–water partition coefficient (Wildman–Crippen LogP) is 2.39. The number of hydrogen-bond donors (Lipinski definition) is 1. The van der Waals surface area contributed by atoms with Gasteiger partial charge in [-0.3, -0.25) is 4.90 Å². The highest BCUT2D eigenvalue weighted by atomic mass is 16.5. The Morgan fingerprint density at radius 2 is 1.94 bits per heavy atom. The van der Waals surface area contributed by atoms with Gasteiger partial charge in [0.1, 0.15) is 0 Å². The maximum atomic E-state index is 6.16. The summed E-state index contributed by atoms with van der Waals surface area (Å²) in [4.78, 5) is 2.65. The van der Waals surface area contributed by atoms with Crippen molar-refractivity contribution in [2.75, 3.05) is 26.2 Å². The molecule has 0 aromatic rings. The average molecular weight is 254 g/mol. The van der Waals surface area contributed by atoms with Gasteiger partial charge in [-0.15, -0.1) is 0 Å². The molecule has 1 saturated carbocycles. The summed E-state index contributed by atoms with van der Waals surface area (Å²) < 4.78 is 5.80.